The van der Waals surface area contributed by atoms with Crippen LogP contribution in [-0.2, 0) is 22.6 Å². The summed E-state index contributed by atoms with van der Waals surface area (Å²) in [5, 5.41) is 3.25. The minimum absolute atomic E-state index is 0.0993. The summed E-state index contributed by atoms with van der Waals surface area (Å²) in [5.74, 6) is 0.701. The smallest absolute Gasteiger partial charge is 0.411 e. The number of ether oxygens (including phenoxy) is 2. The van der Waals surface area contributed by atoms with Gasteiger partial charge in [-0.05, 0) is 18.1 Å². The number of benzene rings is 1. The summed E-state index contributed by atoms with van der Waals surface area (Å²) in [7, 11) is 1.68. The molecular weight excluding hydrogens is 389 g/mol. The van der Waals surface area contributed by atoms with E-state index in [-0.39, 0.29) is 12.7 Å². The number of amides is 1. The van der Waals surface area contributed by atoms with Crippen LogP contribution in [0.25, 0.3) is 0 Å². The first-order valence-electron chi connectivity index (χ1n) is 9.42. The molecule has 0 aromatic heterocycles. The Hall–Kier alpha value is -2.49. The third-order valence-corrected chi connectivity index (χ3v) is 4.29. The second kappa shape index (κ2) is 10.9. The second-order valence-electron chi connectivity index (χ2n) is 6.50. The number of guanidine groups is 1. The zero-order valence-electron chi connectivity index (χ0n) is 16.7. The molecule has 0 aliphatic carbocycles. The van der Waals surface area contributed by atoms with E-state index in [1.54, 1.807) is 37.1 Å². The van der Waals surface area contributed by atoms with Crippen molar-refractivity contribution in [2.45, 2.75) is 26.3 Å². The van der Waals surface area contributed by atoms with Gasteiger partial charge in [0.15, 0.2) is 5.96 Å². The van der Waals surface area contributed by atoms with Gasteiger partial charge >= 0.3 is 12.3 Å². The maximum atomic E-state index is 12.2. The van der Waals surface area contributed by atoms with Crippen molar-refractivity contribution >= 4 is 12.1 Å². The van der Waals surface area contributed by atoms with E-state index in [4.69, 9.17) is 9.47 Å². The molecule has 1 saturated heterocycles. The highest BCUT2D eigenvalue weighted by Crippen LogP contribution is 2.16. The highest BCUT2D eigenvalue weighted by Gasteiger charge is 2.27. The molecule has 1 aliphatic rings. The van der Waals surface area contributed by atoms with Gasteiger partial charge in [-0.25, -0.2) is 4.79 Å². The Labute approximate surface area is 168 Å². The van der Waals surface area contributed by atoms with Gasteiger partial charge in [0.25, 0.3) is 0 Å². The summed E-state index contributed by atoms with van der Waals surface area (Å²) < 4.78 is 46.3. The summed E-state index contributed by atoms with van der Waals surface area (Å²) in [6, 6.07) is 7.19. The van der Waals surface area contributed by atoms with Gasteiger partial charge in [0.2, 0.25) is 0 Å². The van der Waals surface area contributed by atoms with Gasteiger partial charge in [0.05, 0.1) is 13.2 Å². The number of halogens is 3. The maximum absolute atomic E-state index is 12.2. The predicted octanol–water partition coefficient (Wildman–Crippen LogP) is 2.62. The minimum atomic E-state index is -4.33. The van der Waals surface area contributed by atoms with E-state index in [1.165, 1.54) is 0 Å². The van der Waals surface area contributed by atoms with E-state index in [9.17, 15) is 18.0 Å². The van der Waals surface area contributed by atoms with Crippen LogP contribution in [0, 0.1) is 0 Å². The molecule has 1 aromatic carbocycles. The van der Waals surface area contributed by atoms with Gasteiger partial charge in [0.1, 0.15) is 6.61 Å². The molecule has 1 aliphatic heterocycles. The minimum Gasteiger partial charge on any atom is -0.450 e. The molecule has 0 spiro atoms. The molecule has 1 fully saturated rings. The Bertz CT molecular complexity index is 690. The van der Waals surface area contributed by atoms with Crippen LogP contribution >= 0.6 is 0 Å². The van der Waals surface area contributed by atoms with Gasteiger partial charge in [0, 0.05) is 39.8 Å². The molecular formula is C19H27F3N4O3. The number of piperazine rings is 1. The zero-order chi connectivity index (χ0) is 21.3. The van der Waals surface area contributed by atoms with Crippen molar-refractivity contribution in [1.29, 1.82) is 0 Å². The SMILES string of the molecule is CCOC(=O)N1CCN(C(=NC)NCc2cccc(COCC(F)(F)F)c2)CC1. The summed E-state index contributed by atoms with van der Waals surface area (Å²) >= 11 is 0. The standard InChI is InChI=1S/C19H27F3N4O3/c1-3-29-18(27)26-9-7-25(8-10-26)17(23-2)24-12-15-5-4-6-16(11-15)13-28-14-19(20,21)22/h4-6,11H,3,7-10,12-14H2,1-2H3,(H,23,24). The number of carbonyl (C=O) groups is 1. The number of alkyl halides is 3. The normalized spacial score (nSPS) is 15.4. The lowest BCUT2D eigenvalue weighted by molar-refractivity contribution is -0.176. The van der Waals surface area contributed by atoms with Crippen molar-refractivity contribution in [3.63, 3.8) is 0 Å². The first kappa shape index (κ1) is 22.8. The predicted molar refractivity (Wildman–Crippen MR) is 103 cm³/mol. The largest absolute Gasteiger partial charge is 0.450 e. The highest BCUT2D eigenvalue weighted by molar-refractivity contribution is 5.80. The molecule has 0 unspecified atom stereocenters. The first-order chi connectivity index (χ1) is 13.8. The molecule has 1 aromatic rings. The molecule has 1 amide bonds. The van der Waals surface area contributed by atoms with Gasteiger partial charge in [-0.3, -0.25) is 4.99 Å². The van der Waals surface area contributed by atoms with E-state index in [2.05, 4.69) is 10.3 Å². The van der Waals surface area contributed by atoms with Crippen LogP contribution < -0.4 is 5.32 Å². The summed E-state index contributed by atoms with van der Waals surface area (Å²) in [6.45, 7) is 3.58. The summed E-state index contributed by atoms with van der Waals surface area (Å²) in [5.41, 5.74) is 1.58. The molecule has 0 saturated carbocycles. The molecule has 29 heavy (non-hydrogen) atoms. The van der Waals surface area contributed by atoms with Crippen LogP contribution in [-0.4, -0.2) is 74.5 Å². The van der Waals surface area contributed by atoms with Crippen molar-refractivity contribution in [3.8, 4) is 0 Å². The van der Waals surface area contributed by atoms with Crippen molar-refractivity contribution in [3.05, 3.63) is 35.4 Å². The Kier molecular flexibility index (Phi) is 8.56. The topological polar surface area (TPSA) is 66.4 Å². The third-order valence-electron chi connectivity index (χ3n) is 4.29. The number of nitrogens with one attached hydrogen (secondary N) is 1. The van der Waals surface area contributed by atoms with Crippen molar-refractivity contribution in [2.24, 2.45) is 4.99 Å². The number of rotatable bonds is 6. The average Bonchev–Trinajstić information content (AvgIpc) is 2.68. The van der Waals surface area contributed by atoms with Gasteiger partial charge < -0.3 is 24.6 Å². The number of aliphatic imine (C=N–C) groups is 1. The molecule has 7 nitrogen and oxygen atoms in total. The maximum Gasteiger partial charge on any atom is 0.411 e. The molecule has 1 heterocycles. The third kappa shape index (κ3) is 7.80. The van der Waals surface area contributed by atoms with Crippen LogP contribution in [0.15, 0.2) is 29.3 Å². The first-order valence-corrected chi connectivity index (χ1v) is 9.42. The Morgan fingerprint density at radius 3 is 2.45 bits per heavy atom. The van der Waals surface area contributed by atoms with Crippen LogP contribution in [0.1, 0.15) is 18.1 Å². The van der Waals surface area contributed by atoms with Crippen LogP contribution in [0.5, 0.6) is 0 Å². The van der Waals surface area contributed by atoms with E-state index in [0.29, 0.717) is 50.9 Å². The van der Waals surface area contributed by atoms with Crippen LogP contribution in [0.4, 0.5) is 18.0 Å². The van der Waals surface area contributed by atoms with Gasteiger partial charge in [-0.15, -0.1) is 0 Å². The summed E-state index contributed by atoms with van der Waals surface area (Å²) in [4.78, 5) is 19.8. The summed E-state index contributed by atoms with van der Waals surface area (Å²) in [6.07, 6.45) is -4.64. The fourth-order valence-corrected chi connectivity index (χ4v) is 2.94. The molecule has 1 N–H and O–H groups in total. The van der Waals surface area contributed by atoms with Gasteiger partial charge in [-0.2, -0.15) is 13.2 Å². The van der Waals surface area contributed by atoms with E-state index in [0.717, 1.165) is 5.56 Å². The van der Waals surface area contributed by atoms with Crippen molar-refractivity contribution in [2.75, 3.05) is 46.4 Å². The Morgan fingerprint density at radius 2 is 1.83 bits per heavy atom. The average molecular weight is 416 g/mol. The molecule has 2 rings (SSSR count). The van der Waals surface area contributed by atoms with Crippen molar-refractivity contribution < 1.29 is 27.4 Å². The van der Waals surface area contributed by atoms with Crippen molar-refractivity contribution in [1.82, 2.24) is 15.1 Å². The Balaban J connectivity index is 1.82. The monoisotopic (exact) mass is 416 g/mol. The lowest BCUT2D eigenvalue weighted by Crippen LogP contribution is -2.53. The van der Waals surface area contributed by atoms with E-state index in [1.807, 2.05) is 11.0 Å². The molecule has 0 radical (unpaired) electrons. The molecule has 0 bridgehead atoms. The highest BCUT2D eigenvalue weighted by atomic mass is 19.4. The van der Waals surface area contributed by atoms with Crippen LogP contribution in [0.2, 0.25) is 0 Å². The number of hydrogen-bond acceptors (Lipinski definition) is 4. The van der Waals surface area contributed by atoms with Gasteiger partial charge in [-0.1, -0.05) is 24.3 Å². The molecule has 0 atom stereocenters. The number of carbonyl (C=O) groups excluding carboxylic acids is 1. The molecule has 10 heteroatoms. The fourth-order valence-electron chi connectivity index (χ4n) is 2.94. The zero-order valence-corrected chi connectivity index (χ0v) is 16.7. The van der Waals surface area contributed by atoms with Crippen LogP contribution in [0.3, 0.4) is 0 Å². The number of hydrogen-bond donors (Lipinski definition) is 1. The second-order valence-corrected chi connectivity index (χ2v) is 6.50. The lowest BCUT2D eigenvalue weighted by Gasteiger charge is -2.35. The molecule has 162 valence electrons. The Morgan fingerprint density at radius 1 is 1.17 bits per heavy atom. The number of nitrogens with zero attached hydrogens (tertiary/aromatic N) is 3. The van der Waals surface area contributed by atoms with E-state index < -0.39 is 12.8 Å². The quantitative estimate of drug-likeness (QED) is 0.571. The fraction of sp³-hybridized carbons (Fsp3) is 0.579. The lowest BCUT2D eigenvalue weighted by atomic mass is 10.1. The van der Waals surface area contributed by atoms with E-state index >= 15 is 0 Å².